The van der Waals surface area contributed by atoms with Gasteiger partial charge in [-0.05, 0) is 42.0 Å². The van der Waals surface area contributed by atoms with Crippen molar-refractivity contribution in [1.29, 1.82) is 0 Å². The predicted molar refractivity (Wildman–Crippen MR) is 103 cm³/mol. The summed E-state index contributed by atoms with van der Waals surface area (Å²) in [5, 5.41) is 5.19. The van der Waals surface area contributed by atoms with Crippen molar-refractivity contribution in [3.05, 3.63) is 48.0 Å². The molecule has 3 rings (SSSR count). The number of nitrogens with one attached hydrogen (secondary N) is 1. The van der Waals surface area contributed by atoms with Gasteiger partial charge in [0, 0.05) is 6.04 Å². The second-order valence-corrected chi connectivity index (χ2v) is 7.32. The maximum absolute atomic E-state index is 12.4. The van der Waals surface area contributed by atoms with Gasteiger partial charge in [0.1, 0.15) is 0 Å². The van der Waals surface area contributed by atoms with Gasteiger partial charge in [-0.3, -0.25) is 9.59 Å². The van der Waals surface area contributed by atoms with Gasteiger partial charge in [0.2, 0.25) is 0 Å². The van der Waals surface area contributed by atoms with Gasteiger partial charge in [-0.15, -0.1) is 0 Å². The van der Waals surface area contributed by atoms with E-state index in [0.717, 1.165) is 35.6 Å². The largest absolute Gasteiger partial charge is 0.452 e. The molecule has 4 nitrogen and oxygen atoms in total. The van der Waals surface area contributed by atoms with Crippen LogP contribution in [0.25, 0.3) is 10.8 Å². The maximum Gasteiger partial charge on any atom is 0.311 e. The molecule has 2 aromatic rings. The number of hydrogen-bond donors (Lipinski definition) is 1. The number of benzene rings is 2. The molecule has 0 spiro atoms. The zero-order valence-electron chi connectivity index (χ0n) is 15.5. The first-order chi connectivity index (χ1) is 12.5. The molecule has 0 saturated heterocycles. The van der Waals surface area contributed by atoms with E-state index >= 15 is 0 Å². The lowest BCUT2D eigenvalue weighted by atomic mass is 9.86. The number of esters is 1. The van der Waals surface area contributed by atoms with Gasteiger partial charge < -0.3 is 10.1 Å². The number of hydrogen-bond acceptors (Lipinski definition) is 3. The second kappa shape index (κ2) is 8.35. The Bertz CT molecular complexity index is 781. The van der Waals surface area contributed by atoms with E-state index in [-0.39, 0.29) is 24.3 Å². The molecule has 1 aliphatic carbocycles. The lowest BCUT2D eigenvalue weighted by molar-refractivity contribution is -0.154. The molecule has 3 atom stereocenters. The zero-order chi connectivity index (χ0) is 18.5. The number of amides is 1. The van der Waals surface area contributed by atoms with Gasteiger partial charge in [0.05, 0.1) is 6.42 Å². The van der Waals surface area contributed by atoms with Crippen molar-refractivity contribution in [3.63, 3.8) is 0 Å². The average Bonchev–Trinajstić information content (AvgIpc) is 2.64. The Balaban J connectivity index is 1.57. The minimum atomic E-state index is -0.772. The molecular weight excluding hydrogens is 326 g/mol. The summed E-state index contributed by atoms with van der Waals surface area (Å²) in [6, 6.07) is 14.0. The van der Waals surface area contributed by atoms with Gasteiger partial charge >= 0.3 is 5.97 Å². The van der Waals surface area contributed by atoms with E-state index in [2.05, 4.69) is 12.2 Å². The number of carbonyl (C=O) groups is 2. The van der Waals surface area contributed by atoms with Crippen molar-refractivity contribution in [2.75, 3.05) is 0 Å². The Labute approximate surface area is 154 Å². The van der Waals surface area contributed by atoms with Crippen molar-refractivity contribution in [2.45, 2.75) is 58.1 Å². The number of ether oxygens (including phenoxy) is 1. The molecule has 3 unspecified atom stereocenters. The molecule has 0 aromatic heterocycles. The summed E-state index contributed by atoms with van der Waals surface area (Å²) in [6.07, 6.45) is 3.91. The Morgan fingerprint density at radius 2 is 1.85 bits per heavy atom. The van der Waals surface area contributed by atoms with Crippen LogP contribution in [0.4, 0.5) is 0 Å². The first-order valence-corrected chi connectivity index (χ1v) is 9.51. The van der Waals surface area contributed by atoms with E-state index in [0.29, 0.717) is 5.92 Å². The zero-order valence-corrected chi connectivity index (χ0v) is 15.5. The van der Waals surface area contributed by atoms with Gasteiger partial charge in [-0.2, -0.15) is 0 Å². The summed E-state index contributed by atoms with van der Waals surface area (Å²) in [7, 11) is 0. The Kier molecular flexibility index (Phi) is 5.92. The predicted octanol–water partition coefficient (Wildman–Crippen LogP) is 4.01. The minimum Gasteiger partial charge on any atom is -0.452 e. The Morgan fingerprint density at radius 1 is 1.12 bits per heavy atom. The first-order valence-electron chi connectivity index (χ1n) is 9.51. The second-order valence-electron chi connectivity index (χ2n) is 7.32. The molecule has 4 heteroatoms. The summed E-state index contributed by atoms with van der Waals surface area (Å²) >= 11 is 0. The molecule has 1 aliphatic rings. The SMILES string of the molecule is CC(OC(=O)Cc1cccc2ccccc12)C(=O)NC1CCCCC1C. The molecule has 1 saturated carbocycles. The van der Waals surface area contributed by atoms with Crippen molar-refractivity contribution in [3.8, 4) is 0 Å². The topological polar surface area (TPSA) is 55.4 Å². The fourth-order valence-electron chi connectivity index (χ4n) is 3.73. The monoisotopic (exact) mass is 353 g/mol. The maximum atomic E-state index is 12.4. The van der Waals surface area contributed by atoms with Gasteiger partial charge in [-0.1, -0.05) is 62.2 Å². The molecule has 26 heavy (non-hydrogen) atoms. The van der Waals surface area contributed by atoms with Crippen molar-refractivity contribution >= 4 is 22.6 Å². The Morgan fingerprint density at radius 3 is 2.65 bits per heavy atom. The lowest BCUT2D eigenvalue weighted by Gasteiger charge is -2.30. The van der Waals surface area contributed by atoms with E-state index < -0.39 is 6.10 Å². The fraction of sp³-hybridized carbons (Fsp3) is 0.455. The molecular formula is C22H27NO3. The van der Waals surface area contributed by atoms with E-state index in [1.807, 2.05) is 42.5 Å². The normalized spacial score (nSPS) is 21.2. The minimum absolute atomic E-state index is 0.165. The summed E-state index contributed by atoms with van der Waals surface area (Å²) in [5.41, 5.74) is 0.918. The van der Waals surface area contributed by atoms with Crippen LogP contribution in [0.3, 0.4) is 0 Å². The highest BCUT2D eigenvalue weighted by Crippen LogP contribution is 2.24. The molecule has 138 valence electrons. The molecule has 0 aliphatic heterocycles. The first kappa shape index (κ1) is 18.4. The molecule has 1 N–H and O–H groups in total. The van der Waals surface area contributed by atoms with Gasteiger partial charge in [-0.25, -0.2) is 0 Å². The van der Waals surface area contributed by atoms with Crippen molar-refractivity contribution in [1.82, 2.24) is 5.32 Å². The standard InChI is InChI=1S/C22H27NO3/c1-15-8-3-6-13-20(15)23-22(25)16(2)26-21(24)14-18-11-7-10-17-9-4-5-12-19(17)18/h4-5,7,9-12,15-16,20H,3,6,8,13-14H2,1-2H3,(H,23,25). The third-order valence-electron chi connectivity index (χ3n) is 5.33. The summed E-state index contributed by atoms with van der Waals surface area (Å²) < 4.78 is 5.39. The van der Waals surface area contributed by atoms with Crippen LogP contribution in [0.2, 0.25) is 0 Å². The van der Waals surface area contributed by atoms with Crippen LogP contribution in [0.5, 0.6) is 0 Å². The highest BCUT2D eigenvalue weighted by Gasteiger charge is 2.26. The number of carbonyl (C=O) groups excluding carboxylic acids is 2. The molecule has 2 aromatic carbocycles. The Hall–Kier alpha value is -2.36. The summed E-state index contributed by atoms with van der Waals surface area (Å²) in [5.74, 6) is -0.0954. The van der Waals surface area contributed by atoms with E-state index in [4.69, 9.17) is 4.74 Å². The van der Waals surface area contributed by atoms with Crippen LogP contribution < -0.4 is 5.32 Å². The molecule has 1 amide bonds. The van der Waals surface area contributed by atoms with Gasteiger partial charge in [0.25, 0.3) is 5.91 Å². The van der Waals surface area contributed by atoms with Gasteiger partial charge in [0.15, 0.2) is 6.10 Å². The molecule has 0 heterocycles. The highest BCUT2D eigenvalue weighted by atomic mass is 16.5. The van der Waals surface area contributed by atoms with E-state index in [1.165, 1.54) is 6.42 Å². The lowest BCUT2D eigenvalue weighted by Crippen LogP contribution is -2.46. The van der Waals surface area contributed by atoms with Crippen LogP contribution in [0.1, 0.15) is 45.1 Å². The summed E-state index contributed by atoms with van der Waals surface area (Å²) in [4.78, 5) is 24.7. The fourth-order valence-corrected chi connectivity index (χ4v) is 3.73. The van der Waals surface area contributed by atoms with Crippen LogP contribution in [0.15, 0.2) is 42.5 Å². The summed E-state index contributed by atoms with van der Waals surface area (Å²) in [6.45, 7) is 3.81. The van der Waals surface area contributed by atoms with Crippen LogP contribution in [-0.2, 0) is 20.7 Å². The van der Waals surface area contributed by atoms with Crippen LogP contribution in [0, 0.1) is 5.92 Å². The third kappa shape index (κ3) is 4.43. The van der Waals surface area contributed by atoms with E-state index in [1.54, 1.807) is 6.92 Å². The quantitative estimate of drug-likeness (QED) is 0.827. The van der Waals surface area contributed by atoms with E-state index in [9.17, 15) is 9.59 Å². The average molecular weight is 353 g/mol. The van der Waals surface area contributed by atoms with Crippen LogP contribution in [-0.4, -0.2) is 24.0 Å². The van der Waals surface area contributed by atoms with Crippen molar-refractivity contribution < 1.29 is 14.3 Å². The smallest absolute Gasteiger partial charge is 0.311 e. The number of rotatable bonds is 5. The third-order valence-corrected chi connectivity index (χ3v) is 5.33. The molecule has 0 bridgehead atoms. The highest BCUT2D eigenvalue weighted by molar-refractivity contribution is 5.90. The molecule has 1 fully saturated rings. The van der Waals surface area contributed by atoms with Crippen molar-refractivity contribution in [2.24, 2.45) is 5.92 Å². The number of fused-ring (bicyclic) bond motifs is 1. The van der Waals surface area contributed by atoms with Crippen LogP contribution >= 0.6 is 0 Å². The molecule has 0 radical (unpaired) electrons.